The van der Waals surface area contributed by atoms with E-state index < -0.39 is 19.8 Å². The van der Waals surface area contributed by atoms with Crippen LogP contribution >= 0.6 is 23.4 Å². The largest absolute Gasteiger partial charge is 0.417 e. The highest BCUT2D eigenvalue weighted by Crippen LogP contribution is 2.38. The minimum Gasteiger partial charge on any atom is -0.361 e. The molecule has 10 heteroatoms. The van der Waals surface area contributed by atoms with E-state index in [9.17, 15) is 13.2 Å². The minimum absolute atomic E-state index is 0.0285. The standard InChI is InChI=1S/C25H25ClF3N3OSSi/c1-35(2,3)13-12-33-16-32-15-22(34-18-10-8-17(26)9-11-18)23-21(32)14-30-24(31-23)19-6-4-5-7-20(19)25(27,28)29/h4-11,14-15H,12-13,16H2,1-3H3. The van der Waals surface area contributed by atoms with E-state index >= 15 is 0 Å². The predicted molar refractivity (Wildman–Crippen MR) is 138 cm³/mol. The second-order valence-corrected chi connectivity index (χ2v) is 16.5. The van der Waals surface area contributed by atoms with Crippen molar-refractivity contribution in [2.75, 3.05) is 6.61 Å². The van der Waals surface area contributed by atoms with Crippen molar-refractivity contribution >= 4 is 42.5 Å². The molecule has 4 rings (SSSR count). The van der Waals surface area contributed by atoms with Crippen molar-refractivity contribution in [2.24, 2.45) is 0 Å². The zero-order valence-corrected chi connectivity index (χ0v) is 22.1. The van der Waals surface area contributed by atoms with Crippen molar-refractivity contribution in [3.05, 3.63) is 71.5 Å². The van der Waals surface area contributed by atoms with Crippen LogP contribution < -0.4 is 0 Å². The van der Waals surface area contributed by atoms with Gasteiger partial charge in [0.05, 0.1) is 22.2 Å². The maximum absolute atomic E-state index is 13.6. The molecule has 0 fully saturated rings. The molecule has 2 aromatic heterocycles. The van der Waals surface area contributed by atoms with Gasteiger partial charge in [0.15, 0.2) is 5.82 Å². The number of alkyl halides is 3. The molecule has 2 aromatic carbocycles. The van der Waals surface area contributed by atoms with Gasteiger partial charge in [-0.05, 0) is 36.4 Å². The fourth-order valence-corrected chi connectivity index (χ4v) is 5.28. The molecular formula is C25H25ClF3N3OSSi. The van der Waals surface area contributed by atoms with Gasteiger partial charge in [0.1, 0.15) is 12.2 Å². The van der Waals surface area contributed by atoms with Crippen molar-refractivity contribution in [3.63, 3.8) is 0 Å². The Bertz CT molecular complexity index is 1320. The third-order valence-corrected chi connectivity index (χ3v) is 8.31. The molecule has 0 amide bonds. The normalized spacial score (nSPS) is 12.4. The molecule has 4 aromatic rings. The quantitative estimate of drug-likeness (QED) is 0.168. The number of rotatable bonds is 8. The molecule has 0 unspecified atom stereocenters. The topological polar surface area (TPSA) is 39.9 Å². The summed E-state index contributed by atoms with van der Waals surface area (Å²) in [6, 6.07) is 13.8. The summed E-state index contributed by atoms with van der Waals surface area (Å²) in [4.78, 5) is 10.6. The van der Waals surface area contributed by atoms with Crippen LogP contribution in [0, 0.1) is 0 Å². The van der Waals surface area contributed by atoms with E-state index in [2.05, 4.69) is 29.6 Å². The molecule has 2 heterocycles. The highest BCUT2D eigenvalue weighted by molar-refractivity contribution is 7.99. The Kier molecular flexibility index (Phi) is 7.61. The lowest BCUT2D eigenvalue weighted by atomic mass is 10.1. The number of benzene rings is 2. The van der Waals surface area contributed by atoms with Crippen LogP contribution in [0.1, 0.15) is 5.56 Å². The number of fused-ring (bicyclic) bond motifs is 1. The van der Waals surface area contributed by atoms with E-state index in [0.29, 0.717) is 29.4 Å². The van der Waals surface area contributed by atoms with Crippen LogP contribution in [0.25, 0.3) is 22.4 Å². The number of hydrogen-bond donors (Lipinski definition) is 0. The summed E-state index contributed by atoms with van der Waals surface area (Å²) in [5, 5.41) is 0.626. The Labute approximate surface area is 212 Å². The zero-order valence-electron chi connectivity index (χ0n) is 19.6. The fourth-order valence-electron chi connectivity index (χ4n) is 3.45. The summed E-state index contributed by atoms with van der Waals surface area (Å²) in [6.45, 7) is 7.82. The lowest BCUT2D eigenvalue weighted by Crippen LogP contribution is -2.21. The Morgan fingerprint density at radius 2 is 1.77 bits per heavy atom. The Balaban J connectivity index is 1.73. The molecule has 184 valence electrons. The molecule has 0 atom stereocenters. The van der Waals surface area contributed by atoms with Crippen molar-refractivity contribution in [3.8, 4) is 11.4 Å². The van der Waals surface area contributed by atoms with E-state index in [0.717, 1.165) is 21.9 Å². The zero-order chi connectivity index (χ0) is 25.2. The smallest absolute Gasteiger partial charge is 0.361 e. The molecule has 0 radical (unpaired) electrons. The molecule has 35 heavy (non-hydrogen) atoms. The maximum Gasteiger partial charge on any atom is 0.417 e. The van der Waals surface area contributed by atoms with Gasteiger partial charge in [0.25, 0.3) is 0 Å². The van der Waals surface area contributed by atoms with Gasteiger partial charge in [-0.3, -0.25) is 0 Å². The van der Waals surface area contributed by atoms with Gasteiger partial charge < -0.3 is 9.30 Å². The van der Waals surface area contributed by atoms with Gasteiger partial charge in [0, 0.05) is 36.4 Å². The fraction of sp³-hybridized carbons (Fsp3) is 0.280. The molecule has 0 saturated heterocycles. The van der Waals surface area contributed by atoms with Crippen LogP contribution in [0.4, 0.5) is 13.2 Å². The van der Waals surface area contributed by atoms with Crippen molar-refractivity contribution < 1.29 is 17.9 Å². The van der Waals surface area contributed by atoms with Crippen molar-refractivity contribution in [1.82, 2.24) is 14.5 Å². The van der Waals surface area contributed by atoms with E-state index in [1.807, 2.05) is 22.9 Å². The second-order valence-electron chi connectivity index (χ2n) is 9.34. The minimum atomic E-state index is -4.51. The monoisotopic (exact) mass is 535 g/mol. The molecular weight excluding hydrogens is 511 g/mol. The summed E-state index contributed by atoms with van der Waals surface area (Å²) in [7, 11) is -1.23. The predicted octanol–water partition coefficient (Wildman–Crippen LogP) is 8.23. The van der Waals surface area contributed by atoms with Gasteiger partial charge in [-0.1, -0.05) is 61.2 Å². The van der Waals surface area contributed by atoms with E-state index in [4.69, 9.17) is 16.3 Å². The molecule has 0 saturated carbocycles. The Hall–Kier alpha value is -2.33. The first kappa shape index (κ1) is 25.8. The third kappa shape index (κ3) is 6.46. The molecule has 0 bridgehead atoms. The average Bonchev–Trinajstić information content (AvgIpc) is 3.13. The van der Waals surface area contributed by atoms with Crippen molar-refractivity contribution in [2.45, 2.75) is 48.4 Å². The van der Waals surface area contributed by atoms with Crippen LogP contribution in [0.2, 0.25) is 30.7 Å². The number of ether oxygens (including phenoxy) is 1. The Morgan fingerprint density at radius 3 is 2.46 bits per heavy atom. The van der Waals surface area contributed by atoms with Gasteiger partial charge in [0.2, 0.25) is 0 Å². The molecule has 0 N–H and O–H groups in total. The summed E-state index contributed by atoms with van der Waals surface area (Å²) in [6.07, 6.45) is -1.03. The maximum atomic E-state index is 13.6. The Morgan fingerprint density at radius 1 is 1.06 bits per heavy atom. The summed E-state index contributed by atoms with van der Waals surface area (Å²) >= 11 is 7.48. The van der Waals surface area contributed by atoms with Crippen LogP contribution in [0.5, 0.6) is 0 Å². The van der Waals surface area contributed by atoms with Crippen LogP contribution in [-0.4, -0.2) is 29.2 Å². The van der Waals surface area contributed by atoms with E-state index in [-0.39, 0.29) is 11.4 Å². The van der Waals surface area contributed by atoms with Crippen LogP contribution in [0.3, 0.4) is 0 Å². The lowest BCUT2D eigenvalue weighted by Gasteiger charge is -2.15. The highest BCUT2D eigenvalue weighted by atomic mass is 35.5. The van der Waals surface area contributed by atoms with Gasteiger partial charge in [-0.25, -0.2) is 9.97 Å². The number of aromatic nitrogens is 3. The molecule has 0 aliphatic heterocycles. The molecule has 4 nitrogen and oxygen atoms in total. The third-order valence-electron chi connectivity index (χ3n) is 5.33. The first-order valence-corrected chi connectivity index (χ1v) is 15.9. The lowest BCUT2D eigenvalue weighted by molar-refractivity contribution is -0.137. The summed E-state index contributed by atoms with van der Waals surface area (Å²) in [5.41, 5.74) is 0.451. The first-order valence-electron chi connectivity index (χ1n) is 11.0. The van der Waals surface area contributed by atoms with Gasteiger partial charge in [-0.15, -0.1) is 0 Å². The SMILES string of the molecule is C[Si](C)(C)CCOCn1cc(Sc2ccc(Cl)cc2)c2nc(-c3ccccc3C(F)(F)F)ncc21. The summed E-state index contributed by atoms with van der Waals surface area (Å²) in [5.74, 6) is 0.0285. The van der Waals surface area contributed by atoms with Crippen LogP contribution in [-0.2, 0) is 17.6 Å². The van der Waals surface area contributed by atoms with Crippen LogP contribution in [0.15, 0.2) is 70.7 Å². The molecule has 0 aliphatic rings. The number of nitrogens with zero attached hydrogens (tertiary/aromatic N) is 3. The average molecular weight is 536 g/mol. The van der Waals surface area contributed by atoms with Gasteiger partial charge >= 0.3 is 6.18 Å². The van der Waals surface area contributed by atoms with E-state index in [1.54, 1.807) is 24.4 Å². The first-order chi connectivity index (χ1) is 16.5. The van der Waals surface area contributed by atoms with E-state index in [1.165, 1.54) is 23.9 Å². The highest BCUT2D eigenvalue weighted by Gasteiger charge is 2.34. The summed E-state index contributed by atoms with van der Waals surface area (Å²) < 4.78 is 48.7. The molecule has 0 aliphatic carbocycles. The number of halogens is 4. The second kappa shape index (κ2) is 10.3. The number of hydrogen-bond acceptors (Lipinski definition) is 4. The van der Waals surface area contributed by atoms with Crippen molar-refractivity contribution in [1.29, 1.82) is 0 Å². The molecule has 0 spiro atoms. The van der Waals surface area contributed by atoms with Gasteiger partial charge in [-0.2, -0.15) is 13.2 Å².